The lowest BCUT2D eigenvalue weighted by molar-refractivity contribution is -0.127. The zero-order valence-corrected chi connectivity index (χ0v) is 12.8. The van der Waals surface area contributed by atoms with E-state index in [0.29, 0.717) is 17.1 Å². The Morgan fingerprint density at radius 2 is 2.05 bits per heavy atom. The quantitative estimate of drug-likeness (QED) is 0.819. The van der Waals surface area contributed by atoms with Crippen LogP contribution in [0.15, 0.2) is 23.1 Å². The highest BCUT2D eigenvalue weighted by Gasteiger charge is 2.35. The Balaban J connectivity index is 2.32. The number of hydrogen-bond acceptors (Lipinski definition) is 6. The van der Waals surface area contributed by atoms with E-state index in [9.17, 15) is 14.4 Å². The maximum Gasteiger partial charge on any atom is 0.294 e. The summed E-state index contributed by atoms with van der Waals surface area (Å²) in [6, 6.07) is 5.08. The summed E-state index contributed by atoms with van der Waals surface area (Å²) in [6.45, 7) is -0.429. The van der Waals surface area contributed by atoms with Gasteiger partial charge in [-0.1, -0.05) is 0 Å². The van der Waals surface area contributed by atoms with Crippen LogP contribution in [0.2, 0.25) is 0 Å². The second-order valence-electron chi connectivity index (χ2n) is 4.34. The van der Waals surface area contributed by atoms with Crippen molar-refractivity contribution in [2.75, 3.05) is 20.8 Å². The molecule has 0 saturated carbocycles. The second kappa shape index (κ2) is 6.52. The molecule has 2 rings (SSSR count). The first-order valence-corrected chi connectivity index (χ1v) is 7.03. The average Bonchev–Trinajstić information content (AvgIpc) is 2.75. The summed E-state index contributed by atoms with van der Waals surface area (Å²) in [6.07, 6.45) is 1.53. The van der Waals surface area contributed by atoms with E-state index in [1.807, 2.05) is 0 Å². The number of methoxy groups -OCH3 is 2. The number of amides is 3. The molecule has 0 atom stereocenters. The largest absolute Gasteiger partial charge is 0.497 e. The molecule has 2 N–H and O–H groups in total. The maximum atomic E-state index is 12.1. The Bertz CT molecular complexity index is 671. The van der Waals surface area contributed by atoms with Gasteiger partial charge in [0.05, 0.1) is 19.1 Å². The van der Waals surface area contributed by atoms with Crippen LogP contribution in [0.5, 0.6) is 11.5 Å². The first kappa shape index (κ1) is 15.9. The van der Waals surface area contributed by atoms with Crippen LogP contribution in [0.4, 0.5) is 4.79 Å². The Morgan fingerprint density at radius 1 is 1.32 bits per heavy atom. The van der Waals surface area contributed by atoms with Crippen LogP contribution in [0.25, 0.3) is 6.08 Å². The number of nitrogens with two attached hydrogens (primary N) is 1. The van der Waals surface area contributed by atoms with Gasteiger partial charge in [0.2, 0.25) is 5.91 Å². The molecule has 1 heterocycles. The number of nitrogens with zero attached hydrogens (tertiary/aromatic N) is 1. The third-order valence-electron chi connectivity index (χ3n) is 2.91. The van der Waals surface area contributed by atoms with Crippen LogP contribution in [0, 0.1) is 0 Å². The minimum absolute atomic E-state index is 0.203. The summed E-state index contributed by atoms with van der Waals surface area (Å²) in [5, 5.41) is -0.525. The summed E-state index contributed by atoms with van der Waals surface area (Å²) in [7, 11) is 3.02. The van der Waals surface area contributed by atoms with Crippen LogP contribution in [-0.4, -0.2) is 42.7 Å². The van der Waals surface area contributed by atoms with Crippen molar-refractivity contribution in [3.05, 3.63) is 28.7 Å². The van der Waals surface area contributed by atoms with Crippen molar-refractivity contribution in [3.63, 3.8) is 0 Å². The van der Waals surface area contributed by atoms with Crippen molar-refractivity contribution in [2.24, 2.45) is 5.73 Å². The number of thioether (sulfide) groups is 1. The standard InChI is InChI=1S/C14H14N2O5S/c1-20-9-4-3-8(10(6-9)21-2)5-11-13(18)16(7-12(15)17)14(19)22-11/h3-6H,7H2,1-2H3,(H2,15,17)/b11-5-. The first-order valence-electron chi connectivity index (χ1n) is 6.22. The number of ether oxygens (including phenoxy) is 2. The number of benzene rings is 1. The lowest BCUT2D eigenvalue weighted by atomic mass is 10.1. The SMILES string of the molecule is COc1ccc(/C=C2\SC(=O)N(CC(N)=O)C2=O)c(OC)c1. The zero-order valence-electron chi connectivity index (χ0n) is 12.0. The Morgan fingerprint density at radius 3 is 2.64 bits per heavy atom. The van der Waals surface area contributed by atoms with Gasteiger partial charge in [-0.05, 0) is 30.0 Å². The van der Waals surface area contributed by atoms with Gasteiger partial charge in [-0.25, -0.2) is 0 Å². The molecule has 116 valence electrons. The minimum atomic E-state index is -0.745. The molecule has 1 aliphatic heterocycles. The van der Waals surface area contributed by atoms with Crippen LogP contribution >= 0.6 is 11.8 Å². The van der Waals surface area contributed by atoms with Crippen molar-refractivity contribution >= 4 is 34.9 Å². The summed E-state index contributed by atoms with van der Waals surface area (Å²) >= 11 is 0.752. The molecule has 1 aromatic rings. The molecule has 0 radical (unpaired) electrons. The maximum absolute atomic E-state index is 12.1. The van der Waals surface area contributed by atoms with Gasteiger partial charge in [0.1, 0.15) is 18.0 Å². The summed E-state index contributed by atoms with van der Waals surface area (Å²) in [5.41, 5.74) is 5.64. The van der Waals surface area contributed by atoms with E-state index in [-0.39, 0.29) is 4.91 Å². The molecule has 0 bridgehead atoms. The average molecular weight is 322 g/mol. The number of carbonyl (C=O) groups excluding carboxylic acids is 3. The van der Waals surface area contributed by atoms with Gasteiger partial charge in [-0.3, -0.25) is 19.3 Å². The predicted octanol–water partition coefficient (Wildman–Crippen LogP) is 1.23. The highest BCUT2D eigenvalue weighted by atomic mass is 32.2. The number of carbonyl (C=O) groups is 3. The number of primary amides is 1. The van der Waals surface area contributed by atoms with Crippen molar-refractivity contribution in [3.8, 4) is 11.5 Å². The van der Waals surface area contributed by atoms with Gasteiger partial charge in [0.25, 0.3) is 11.1 Å². The minimum Gasteiger partial charge on any atom is -0.497 e. The Labute approximate surface area is 131 Å². The zero-order chi connectivity index (χ0) is 16.3. The molecule has 0 spiro atoms. The molecule has 3 amide bonds. The Hall–Kier alpha value is -2.48. The highest BCUT2D eigenvalue weighted by molar-refractivity contribution is 8.18. The topological polar surface area (TPSA) is 98.9 Å². The number of imide groups is 1. The molecular weight excluding hydrogens is 308 g/mol. The van der Waals surface area contributed by atoms with Gasteiger partial charge < -0.3 is 15.2 Å². The second-order valence-corrected chi connectivity index (χ2v) is 5.34. The summed E-state index contributed by atoms with van der Waals surface area (Å²) in [5.74, 6) is -0.186. The fraction of sp³-hybridized carbons (Fsp3) is 0.214. The normalized spacial score (nSPS) is 16.3. The van der Waals surface area contributed by atoms with E-state index in [1.165, 1.54) is 20.3 Å². The number of hydrogen-bond donors (Lipinski definition) is 1. The highest BCUT2D eigenvalue weighted by Crippen LogP contribution is 2.34. The van der Waals surface area contributed by atoms with E-state index >= 15 is 0 Å². The van der Waals surface area contributed by atoms with E-state index < -0.39 is 23.6 Å². The van der Waals surface area contributed by atoms with Crippen LogP contribution in [0.1, 0.15) is 5.56 Å². The van der Waals surface area contributed by atoms with Crippen molar-refractivity contribution in [2.45, 2.75) is 0 Å². The third-order valence-corrected chi connectivity index (χ3v) is 3.82. The lowest BCUT2D eigenvalue weighted by Gasteiger charge is -2.09. The molecule has 0 aromatic heterocycles. The van der Waals surface area contributed by atoms with Gasteiger partial charge in [-0.2, -0.15) is 0 Å². The van der Waals surface area contributed by atoms with E-state index in [2.05, 4.69) is 0 Å². The molecule has 0 aliphatic carbocycles. The fourth-order valence-electron chi connectivity index (χ4n) is 1.87. The summed E-state index contributed by atoms with van der Waals surface area (Å²) < 4.78 is 10.3. The molecule has 8 heteroatoms. The smallest absolute Gasteiger partial charge is 0.294 e. The van der Waals surface area contributed by atoms with Gasteiger partial charge in [0, 0.05) is 11.6 Å². The molecule has 1 fully saturated rings. The molecule has 1 aromatic carbocycles. The van der Waals surface area contributed by atoms with E-state index in [1.54, 1.807) is 18.2 Å². The molecule has 0 unspecified atom stereocenters. The van der Waals surface area contributed by atoms with Crippen molar-refractivity contribution in [1.82, 2.24) is 4.90 Å². The predicted molar refractivity (Wildman–Crippen MR) is 81.4 cm³/mol. The Kier molecular flexibility index (Phi) is 4.71. The fourth-order valence-corrected chi connectivity index (χ4v) is 2.70. The van der Waals surface area contributed by atoms with Gasteiger partial charge in [0.15, 0.2) is 0 Å². The van der Waals surface area contributed by atoms with Crippen LogP contribution in [0.3, 0.4) is 0 Å². The molecule has 22 heavy (non-hydrogen) atoms. The lowest BCUT2D eigenvalue weighted by Crippen LogP contribution is -2.36. The van der Waals surface area contributed by atoms with Crippen LogP contribution < -0.4 is 15.2 Å². The monoisotopic (exact) mass is 322 g/mol. The third kappa shape index (κ3) is 3.22. The van der Waals surface area contributed by atoms with Gasteiger partial charge >= 0.3 is 0 Å². The van der Waals surface area contributed by atoms with E-state index in [0.717, 1.165) is 16.7 Å². The van der Waals surface area contributed by atoms with Crippen molar-refractivity contribution in [1.29, 1.82) is 0 Å². The number of rotatable bonds is 5. The molecule has 1 saturated heterocycles. The molecular formula is C14H14N2O5S. The van der Waals surface area contributed by atoms with Gasteiger partial charge in [-0.15, -0.1) is 0 Å². The molecule has 1 aliphatic rings. The van der Waals surface area contributed by atoms with Crippen LogP contribution in [-0.2, 0) is 9.59 Å². The molecule has 7 nitrogen and oxygen atoms in total. The first-order chi connectivity index (χ1) is 10.5. The van der Waals surface area contributed by atoms with E-state index in [4.69, 9.17) is 15.2 Å². The summed E-state index contributed by atoms with van der Waals surface area (Å²) in [4.78, 5) is 35.8. The van der Waals surface area contributed by atoms with Crippen molar-refractivity contribution < 1.29 is 23.9 Å².